The van der Waals surface area contributed by atoms with E-state index in [0.717, 1.165) is 48.9 Å². The maximum absolute atomic E-state index is 12.4. The zero-order valence-corrected chi connectivity index (χ0v) is 14.8. The molecule has 1 amide bonds. The van der Waals surface area contributed by atoms with Crippen LogP contribution in [0.15, 0.2) is 24.3 Å². The number of hydrogen-bond acceptors (Lipinski definition) is 3. The summed E-state index contributed by atoms with van der Waals surface area (Å²) in [6.07, 6.45) is 4.08. The number of carbonyl (C=O) groups excluding carboxylic acids is 1. The highest BCUT2D eigenvalue weighted by Gasteiger charge is 2.42. The van der Waals surface area contributed by atoms with Crippen molar-refractivity contribution in [1.29, 1.82) is 0 Å². The van der Waals surface area contributed by atoms with Crippen LogP contribution in [0.3, 0.4) is 0 Å². The van der Waals surface area contributed by atoms with Gasteiger partial charge in [-0.15, -0.1) is 0 Å². The van der Waals surface area contributed by atoms with Gasteiger partial charge >= 0.3 is 0 Å². The number of aromatic hydroxyl groups is 1. The molecule has 2 fully saturated rings. The topological polar surface area (TPSA) is 49.8 Å². The van der Waals surface area contributed by atoms with E-state index in [0.29, 0.717) is 17.9 Å². The number of alkyl halides is 1. The van der Waals surface area contributed by atoms with Crippen molar-refractivity contribution in [1.82, 2.24) is 4.90 Å². The maximum Gasteiger partial charge on any atom is 0.226 e. The number of nitrogens with zero attached hydrogens (tertiary/aromatic N) is 1. The molecular weight excluding hydrogens is 393 g/mol. The van der Waals surface area contributed by atoms with E-state index in [1.165, 1.54) is 0 Å². The van der Waals surface area contributed by atoms with Crippen LogP contribution in [0, 0.1) is 5.41 Å². The molecule has 1 atom stereocenters. The smallest absolute Gasteiger partial charge is 0.226 e. The molecule has 0 radical (unpaired) electrons. The number of likely N-dealkylation sites (tertiary alicyclic amines) is 1. The number of benzene rings is 1. The van der Waals surface area contributed by atoms with Gasteiger partial charge in [-0.25, -0.2) is 0 Å². The Kier molecular flexibility index (Phi) is 4.92. The van der Waals surface area contributed by atoms with Crippen LogP contribution in [0.4, 0.5) is 0 Å². The van der Waals surface area contributed by atoms with Crippen molar-refractivity contribution in [2.75, 3.05) is 24.1 Å². The van der Waals surface area contributed by atoms with E-state index >= 15 is 0 Å². The first-order valence-corrected chi connectivity index (χ1v) is 9.36. The van der Waals surface area contributed by atoms with Gasteiger partial charge in [0, 0.05) is 17.5 Å². The summed E-state index contributed by atoms with van der Waals surface area (Å²) in [5.41, 5.74) is 1.27. The fourth-order valence-electron chi connectivity index (χ4n) is 3.47. The third-order valence-electron chi connectivity index (χ3n) is 4.93. The molecule has 1 unspecified atom stereocenters. The molecule has 2 aliphatic rings. The van der Waals surface area contributed by atoms with Gasteiger partial charge in [0.2, 0.25) is 5.91 Å². The molecule has 1 N–H and O–H groups in total. The van der Waals surface area contributed by atoms with Crippen molar-refractivity contribution in [3.63, 3.8) is 0 Å². The van der Waals surface area contributed by atoms with E-state index in [1.54, 1.807) is 12.1 Å². The predicted octanol–water partition coefficient (Wildman–Crippen LogP) is 2.77. The highest BCUT2D eigenvalue weighted by Crippen LogP contribution is 2.42. The summed E-state index contributed by atoms with van der Waals surface area (Å²) >= 11 is 2.39. The average molecular weight is 415 g/mol. The minimum absolute atomic E-state index is 0.185. The van der Waals surface area contributed by atoms with Crippen LogP contribution in [0.5, 0.6) is 5.75 Å². The molecule has 3 rings (SSSR count). The van der Waals surface area contributed by atoms with Crippen molar-refractivity contribution in [3.05, 3.63) is 29.8 Å². The molecule has 2 saturated heterocycles. The van der Waals surface area contributed by atoms with Gasteiger partial charge in [-0.2, -0.15) is 0 Å². The molecule has 1 aromatic carbocycles. The first-order chi connectivity index (χ1) is 10.6. The number of phenolic OH excluding ortho intramolecular Hbond substituents is 1. The van der Waals surface area contributed by atoms with Gasteiger partial charge in [-0.05, 0) is 42.4 Å². The lowest BCUT2D eigenvalue weighted by atomic mass is 9.77. The molecule has 1 aromatic rings. The first kappa shape index (κ1) is 16.1. The quantitative estimate of drug-likeness (QED) is 0.610. The fourth-order valence-corrected chi connectivity index (χ4v) is 4.04. The van der Waals surface area contributed by atoms with E-state index in [-0.39, 0.29) is 11.7 Å². The normalized spacial score (nSPS) is 23.9. The predicted molar refractivity (Wildman–Crippen MR) is 93.3 cm³/mol. The summed E-state index contributed by atoms with van der Waals surface area (Å²) in [6.45, 7) is 2.54. The van der Waals surface area contributed by atoms with E-state index in [2.05, 4.69) is 22.6 Å². The third kappa shape index (κ3) is 3.56. The number of piperidine rings is 1. The molecule has 2 heterocycles. The highest BCUT2D eigenvalue weighted by atomic mass is 127. The van der Waals surface area contributed by atoms with E-state index in [1.807, 2.05) is 17.0 Å². The molecule has 4 nitrogen and oxygen atoms in total. The monoisotopic (exact) mass is 415 g/mol. The van der Waals surface area contributed by atoms with E-state index in [4.69, 9.17) is 4.74 Å². The van der Waals surface area contributed by atoms with Gasteiger partial charge < -0.3 is 14.7 Å². The Morgan fingerprint density at radius 1 is 1.32 bits per heavy atom. The van der Waals surface area contributed by atoms with Gasteiger partial charge in [-0.1, -0.05) is 34.7 Å². The maximum atomic E-state index is 12.4. The summed E-state index contributed by atoms with van der Waals surface area (Å²) in [5, 5.41) is 9.29. The zero-order valence-electron chi connectivity index (χ0n) is 12.6. The van der Waals surface area contributed by atoms with Crippen molar-refractivity contribution >= 4 is 28.5 Å². The van der Waals surface area contributed by atoms with Crippen LogP contribution in [0.25, 0.3) is 0 Å². The second kappa shape index (κ2) is 6.74. The Hall–Kier alpha value is -0.820. The summed E-state index contributed by atoms with van der Waals surface area (Å²) in [5.74, 6) is 0.423. The van der Waals surface area contributed by atoms with Gasteiger partial charge in [0.25, 0.3) is 0 Å². The number of amides is 1. The molecule has 0 aromatic heterocycles. The van der Waals surface area contributed by atoms with E-state index < -0.39 is 0 Å². The number of rotatable bonds is 3. The lowest BCUT2D eigenvalue weighted by Crippen LogP contribution is -2.44. The Bertz CT molecular complexity index is 523. The zero-order chi connectivity index (χ0) is 15.6. The van der Waals surface area contributed by atoms with Gasteiger partial charge in [-0.3, -0.25) is 4.79 Å². The minimum atomic E-state index is 0.185. The molecule has 0 bridgehead atoms. The second-order valence-corrected chi connectivity index (χ2v) is 7.40. The number of ether oxygens (including phenoxy) is 1. The van der Waals surface area contributed by atoms with Crippen molar-refractivity contribution in [2.24, 2.45) is 5.41 Å². The van der Waals surface area contributed by atoms with Crippen molar-refractivity contribution < 1.29 is 14.6 Å². The van der Waals surface area contributed by atoms with Gasteiger partial charge in [0.15, 0.2) is 0 Å². The highest BCUT2D eigenvalue weighted by molar-refractivity contribution is 14.1. The summed E-state index contributed by atoms with van der Waals surface area (Å²) in [6, 6.07) is 6.89. The summed E-state index contributed by atoms with van der Waals surface area (Å²) in [7, 11) is 0. The Morgan fingerprint density at radius 3 is 2.59 bits per heavy atom. The lowest BCUT2D eigenvalue weighted by molar-refractivity contribution is -0.132. The number of hydrogen-bond donors (Lipinski definition) is 1. The molecule has 1 spiro atoms. The minimum Gasteiger partial charge on any atom is -0.508 e. The lowest BCUT2D eigenvalue weighted by Gasteiger charge is -2.38. The van der Waals surface area contributed by atoms with Crippen molar-refractivity contribution in [3.8, 4) is 5.75 Å². The van der Waals surface area contributed by atoms with Gasteiger partial charge in [0.1, 0.15) is 5.75 Å². The summed E-state index contributed by atoms with van der Waals surface area (Å²) in [4.78, 5) is 14.4. The molecule has 0 saturated carbocycles. The molecule has 5 heteroatoms. The van der Waals surface area contributed by atoms with Crippen LogP contribution < -0.4 is 0 Å². The van der Waals surface area contributed by atoms with Crippen LogP contribution in [-0.2, 0) is 16.0 Å². The molecule has 120 valence electrons. The Balaban J connectivity index is 1.53. The van der Waals surface area contributed by atoms with Gasteiger partial charge in [0.05, 0.1) is 19.1 Å². The molecule has 2 aliphatic heterocycles. The van der Waals surface area contributed by atoms with Crippen LogP contribution >= 0.6 is 22.6 Å². The SMILES string of the molecule is O=C(Cc1ccc(O)cc1)N1CCC2(CC1)COC(CI)C2. The number of halogens is 1. The summed E-state index contributed by atoms with van der Waals surface area (Å²) < 4.78 is 6.92. The van der Waals surface area contributed by atoms with E-state index in [9.17, 15) is 9.90 Å². The van der Waals surface area contributed by atoms with Crippen LogP contribution in [0.1, 0.15) is 24.8 Å². The Morgan fingerprint density at radius 2 is 2.00 bits per heavy atom. The Labute approximate surface area is 145 Å². The first-order valence-electron chi connectivity index (χ1n) is 7.83. The average Bonchev–Trinajstić information content (AvgIpc) is 2.93. The van der Waals surface area contributed by atoms with Crippen molar-refractivity contribution in [2.45, 2.75) is 31.8 Å². The largest absolute Gasteiger partial charge is 0.508 e. The third-order valence-corrected chi connectivity index (χ3v) is 5.91. The fraction of sp³-hybridized carbons (Fsp3) is 0.588. The van der Waals surface area contributed by atoms with Crippen LogP contribution in [0.2, 0.25) is 0 Å². The number of phenols is 1. The number of carbonyl (C=O) groups is 1. The molecule has 22 heavy (non-hydrogen) atoms. The molecular formula is C17H22INO3. The molecule has 0 aliphatic carbocycles. The standard InChI is InChI=1S/C17H22INO3/c18-11-15-10-17(12-22-15)5-7-19(8-6-17)16(21)9-13-1-3-14(20)4-2-13/h1-4,15,20H,5-12H2. The van der Waals surface area contributed by atoms with Crippen LogP contribution in [-0.4, -0.2) is 46.1 Å². The second-order valence-electron chi connectivity index (χ2n) is 6.52.